The Kier molecular flexibility index (Phi) is 8.79. The molecule has 168 valence electrons. The van der Waals surface area contributed by atoms with Gasteiger partial charge in [-0.3, -0.25) is 9.59 Å². The number of phenols is 2. The van der Waals surface area contributed by atoms with Crippen molar-refractivity contribution in [1.82, 2.24) is 0 Å². The Bertz CT molecular complexity index is 1210. The molecular weight excluding hydrogens is 448 g/mol. The van der Waals surface area contributed by atoms with Crippen LogP contribution >= 0.6 is 11.6 Å². The van der Waals surface area contributed by atoms with Crippen LogP contribution in [0, 0.1) is 16.7 Å². The molecule has 10 heteroatoms. The van der Waals surface area contributed by atoms with Crippen LogP contribution in [0.4, 0.5) is 5.69 Å². The van der Waals surface area contributed by atoms with Gasteiger partial charge in [0.2, 0.25) is 5.91 Å². The molecule has 0 aliphatic heterocycles. The first-order valence-corrected chi connectivity index (χ1v) is 9.66. The summed E-state index contributed by atoms with van der Waals surface area (Å²) in [6.45, 7) is -0.195. The van der Waals surface area contributed by atoms with E-state index in [9.17, 15) is 14.7 Å². The standard InChI is InChI=1S/C16H13N3O3.C7H6ClNO2/c17-8-11-1-5-14(6-2-11)22-10-16(21)19-13-4-3-12(9-18)15(20)7-13;8-5-3-4(7(9)11)1-2-6(5)10/h1-7,9,18,20H,10H2,(H,19,21);1-3,10H,(H2,9,11). The van der Waals surface area contributed by atoms with Gasteiger partial charge in [0, 0.05) is 29.1 Å². The Morgan fingerprint density at radius 1 is 1.09 bits per heavy atom. The zero-order valence-corrected chi connectivity index (χ0v) is 17.8. The molecule has 0 aliphatic carbocycles. The second-order valence-electron chi connectivity index (χ2n) is 6.42. The fraction of sp³-hybridized carbons (Fsp3) is 0.0435. The Labute approximate surface area is 194 Å². The normalized spacial score (nSPS) is 9.58. The second kappa shape index (κ2) is 11.7. The van der Waals surface area contributed by atoms with Gasteiger partial charge in [-0.2, -0.15) is 5.26 Å². The average Bonchev–Trinajstić information content (AvgIpc) is 2.80. The molecule has 0 saturated heterocycles. The summed E-state index contributed by atoms with van der Waals surface area (Å²) in [5.74, 6) is -0.605. The van der Waals surface area contributed by atoms with E-state index in [4.69, 9.17) is 37.8 Å². The molecule has 3 rings (SSSR count). The molecule has 3 aromatic carbocycles. The maximum atomic E-state index is 11.8. The monoisotopic (exact) mass is 466 g/mol. The minimum atomic E-state index is -0.563. The number of primary amides is 1. The van der Waals surface area contributed by atoms with Crippen molar-refractivity contribution in [2.75, 3.05) is 11.9 Å². The number of benzene rings is 3. The molecule has 0 radical (unpaired) electrons. The van der Waals surface area contributed by atoms with Gasteiger partial charge in [0.1, 0.15) is 17.2 Å². The topological polar surface area (TPSA) is 170 Å². The first-order chi connectivity index (χ1) is 15.7. The number of ether oxygens (including phenoxy) is 1. The summed E-state index contributed by atoms with van der Waals surface area (Å²) in [6, 6.07) is 16.9. The lowest BCUT2D eigenvalue weighted by Gasteiger charge is -2.08. The van der Waals surface area contributed by atoms with Crippen molar-refractivity contribution in [1.29, 1.82) is 10.7 Å². The van der Waals surface area contributed by atoms with E-state index in [1.54, 1.807) is 30.3 Å². The minimum absolute atomic E-state index is 0.0586. The van der Waals surface area contributed by atoms with Crippen LogP contribution in [0.15, 0.2) is 60.7 Å². The van der Waals surface area contributed by atoms with E-state index < -0.39 is 5.91 Å². The number of rotatable bonds is 6. The number of nitriles is 1. The summed E-state index contributed by atoms with van der Waals surface area (Å²) in [5.41, 5.74) is 6.53. The second-order valence-corrected chi connectivity index (χ2v) is 6.83. The van der Waals surface area contributed by atoms with Crippen molar-refractivity contribution in [2.45, 2.75) is 0 Å². The van der Waals surface area contributed by atoms with Gasteiger partial charge >= 0.3 is 0 Å². The van der Waals surface area contributed by atoms with Crippen LogP contribution in [-0.2, 0) is 4.79 Å². The summed E-state index contributed by atoms with van der Waals surface area (Å²) in [6.07, 6.45) is 1.02. The summed E-state index contributed by atoms with van der Waals surface area (Å²) in [4.78, 5) is 22.3. The zero-order valence-electron chi connectivity index (χ0n) is 17.1. The molecule has 0 heterocycles. The van der Waals surface area contributed by atoms with E-state index >= 15 is 0 Å². The number of nitrogens with zero attached hydrogens (tertiary/aromatic N) is 1. The van der Waals surface area contributed by atoms with E-state index in [1.807, 2.05) is 6.07 Å². The number of hydrogen-bond acceptors (Lipinski definition) is 7. The summed E-state index contributed by atoms with van der Waals surface area (Å²) in [5, 5.41) is 37.0. The number of anilines is 1. The number of nitrogens with two attached hydrogens (primary N) is 1. The molecule has 2 amide bonds. The van der Waals surface area contributed by atoms with Crippen LogP contribution in [0.25, 0.3) is 0 Å². The Morgan fingerprint density at radius 3 is 2.33 bits per heavy atom. The summed E-state index contributed by atoms with van der Waals surface area (Å²) in [7, 11) is 0. The number of aromatic hydroxyl groups is 2. The molecule has 0 aliphatic rings. The predicted octanol–water partition coefficient (Wildman–Crippen LogP) is 3.42. The van der Waals surface area contributed by atoms with Gasteiger partial charge in [-0.1, -0.05) is 11.6 Å². The van der Waals surface area contributed by atoms with Crippen LogP contribution in [0.2, 0.25) is 5.02 Å². The van der Waals surface area contributed by atoms with Crippen molar-refractivity contribution in [3.05, 3.63) is 82.4 Å². The molecule has 33 heavy (non-hydrogen) atoms. The molecule has 0 bridgehead atoms. The number of phenolic OH excluding ortho intramolecular Hbond substituents is 2. The Morgan fingerprint density at radius 2 is 1.79 bits per heavy atom. The van der Waals surface area contributed by atoms with Gasteiger partial charge in [0.05, 0.1) is 16.7 Å². The third kappa shape index (κ3) is 7.57. The fourth-order valence-electron chi connectivity index (χ4n) is 2.38. The third-order valence-corrected chi connectivity index (χ3v) is 4.36. The largest absolute Gasteiger partial charge is 0.507 e. The van der Waals surface area contributed by atoms with Crippen LogP contribution in [0.1, 0.15) is 21.5 Å². The lowest BCUT2D eigenvalue weighted by molar-refractivity contribution is -0.118. The fourth-order valence-corrected chi connectivity index (χ4v) is 2.56. The molecule has 0 fully saturated rings. The predicted molar refractivity (Wildman–Crippen MR) is 123 cm³/mol. The highest BCUT2D eigenvalue weighted by molar-refractivity contribution is 6.32. The molecule has 9 nitrogen and oxygen atoms in total. The Balaban J connectivity index is 0.000000294. The minimum Gasteiger partial charge on any atom is -0.507 e. The maximum absolute atomic E-state index is 11.8. The number of hydrogen-bond donors (Lipinski definition) is 5. The number of carbonyl (C=O) groups excluding carboxylic acids is 2. The smallest absolute Gasteiger partial charge is 0.262 e. The molecule has 0 unspecified atom stereocenters. The molecule has 0 aromatic heterocycles. The SMILES string of the molecule is N#Cc1ccc(OCC(=O)Nc2ccc(C=N)c(O)c2)cc1.NC(=O)c1ccc(O)c(Cl)c1. The molecule has 0 saturated carbocycles. The van der Waals surface area contributed by atoms with Crippen molar-refractivity contribution in [3.63, 3.8) is 0 Å². The van der Waals surface area contributed by atoms with Gasteiger partial charge in [0.15, 0.2) is 6.61 Å². The molecule has 3 aromatic rings. The zero-order chi connectivity index (χ0) is 24.4. The van der Waals surface area contributed by atoms with Crippen LogP contribution < -0.4 is 15.8 Å². The van der Waals surface area contributed by atoms with E-state index in [0.29, 0.717) is 22.6 Å². The van der Waals surface area contributed by atoms with Gasteiger partial charge in [0.25, 0.3) is 5.91 Å². The molecule has 0 atom stereocenters. The van der Waals surface area contributed by atoms with Gasteiger partial charge < -0.3 is 31.4 Å². The number of carbonyl (C=O) groups is 2. The number of halogens is 1. The van der Waals surface area contributed by atoms with E-state index in [-0.39, 0.29) is 34.6 Å². The highest BCUT2D eigenvalue weighted by atomic mass is 35.5. The van der Waals surface area contributed by atoms with E-state index in [1.165, 1.54) is 30.3 Å². The molecule has 6 N–H and O–H groups in total. The molecular formula is C23H19ClN4O5. The van der Waals surface area contributed by atoms with Crippen LogP contribution in [0.3, 0.4) is 0 Å². The van der Waals surface area contributed by atoms with Crippen molar-refractivity contribution in [3.8, 4) is 23.3 Å². The molecule has 0 spiro atoms. The Hall–Kier alpha value is -4.55. The highest BCUT2D eigenvalue weighted by Crippen LogP contribution is 2.23. The summed E-state index contributed by atoms with van der Waals surface area (Å²) < 4.78 is 5.29. The summed E-state index contributed by atoms with van der Waals surface area (Å²) >= 11 is 5.50. The number of nitrogens with one attached hydrogen (secondary N) is 2. The first-order valence-electron chi connectivity index (χ1n) is 9.28. The van der Waals surface area contributed by atoms with Crippen molar-refractivity contribution in [2.24, 2.45) is 5.73 Å². The van der Waals surface area contributed by atoms with Gasteiger partial charge in [-0.25, -0.2) is 0 Å². The van der Waals surface area contributed by atoms with Crippen molar-refractivity contribution >= 4 is 35.3 Å². The van der Waals surface area contributed by atoms with Gasteiger partial charge in [-0.05, 0) is 54.6 Å². The van der Waals surface area contributed by atoms with E-state index in [0.717, 1.165) is 6.21 Å². The van der Waals surface area contributed by atoms with Gasteiger partial charge in [-0.15, -0.1) is 0 Å². The maximum Gasteiger partial charge on any atom is 0.262 e. The van der Waals surface area contributed by atoms with Crippen LogP contribution in [0.5, 0.6) is 17.2 Å². The third-order valence-electron chi connectivity index (χ3n) is 4.06. The van der Waals surface area contributed by atoms with Crippen molar-refractivity contribution < 1.29 is 24.5 Å². The quantitative estimate of drug-likeness (QED) is 0.348. The highest BCUT2D eigenvalue weighted by Gasteiger charge is 2.06. The van der Waals surface area contributed by atoms with E-state index in [2.05, 4.69) is 5.32 Å². The first kappa shape index (κ1) is 24.7. The lowest BCUT2D eigenvalue weighted by atomic mass is 10.2. The lowest BCUT2D eigenvalue weighted by Crippen LogP contribution is -2.20. The number of amides is 2. The van der Waals surface area contributed by atoms with Crippen LogP contribution in [-0.4, -0.2) is 34.8 Å². The average molecular weight is 467 g/mol.